The van der Waals surface area contributed by atoms with Gasteiger partial charge in [0.15, 0.2) is 0 Å². The summed E-state index contributed by atoms with van der Waals surface area (Å²) in [5.41, 5.74) is 1.59. The Labute approximate surface area is 168 Å². The molecule has 2 aliphatic rings. The molecule has 9 heteroatoms. The maximum Gasteiger partial charge on any atom is 0.322 e. The Kier molecular flexibility index (Phi) is 4.83. The van der Waals surface area contributed by atoms with E-state index < -0.39 is 11.6 Å². The van der Waals surface area contributed by atoms with Crippen LogP contribution in [0.5, 0.6) is 0 Å². The fourth-order valence-electron chi connectivity index (χ4n) is 3.96. The third kappa shape index (κ3) is 3.61. The van der Waals surface area contributed by atoms with Gasteiger partial charge in [0.1, 0.15) is 5.54 Å². The predicted octanol–water partition coefficient (Wildman–Crippen LogP) is 0.0941. The van der Waals surface area contributed by atoms with Crippen molar-refractivity contribution in [2.75, 3.05) is 13.1 Å². The van der Waals surface area contributed by atoms with E-state index in [-0.39, 0.29) is 23.7 Å². The molecule has 0 saturated carbocycles. The highest BCUT2D eigenvalue weighted by molar-refractivity contribution is 6.07. The van der Waals surface area contributed by atoms with Crippen molar-refractivity contribution in [1.29, 1.82) is 0 Å². The second-order valence-electron chi connectivity index (χ2n) is 7.77. The summed E-state index contributed by atoms with van der Waals surface area (Å²) >= 11 is 0. The van der Waals surface area contributed by atoms with Gasteiger partial charge in [0, 0.05) is 38.8 Å². The van der Waals surface area contributed by atoms with Crippen molar-refractivity contribution < 1.29 is 14.4 Å². The van der Waals surface area contributed by atoms with E-state index in [2.05, 4.69) is 26.4 Å². The molecule has 1 unspecified atom stereocenters. The van der Waals surface area contributed by atoms with E-state index in [1.807, 2.05) is 31.6 Å². The second-order valence-corrected chi connectivity index (χ2v) is 7.77. The van der Waals surface area contributed by atoms with Crippen LogP contribution >= 0.6 is 0 Å². The lowest BCUT2D eigenvalue weighted by atomic mass is 9.90. The zero-order chi connectivity index (χ0) is 20.6. The normalized spacial score (nSPS) is 26.3. The van der Waals surface area contributed by atoms with E-state index >= 15 is 0 Å². The van der Waals surface area contributed by atoms with Gasteiger partial charge in [-0.3, -0.25) is 19.6 Å². The van der Waals surface area contributed by atoms with Crippen LogP contribution in [0.15, 0.2) is 36.7 Å². The Morgan fingerprint density at radius 2 is 2.03 bits per heavy atom. The van der Waals surface area contributed by atoms with Crippen molar-refractivity contribution in [3.05, 3.63) is 53.3 Å². The predicted molar refractivity (Wildman–Crippen MR) is 105 cm³/mol. The van der Waals surface area contributed by atoms with Crippen molar-refractivity contribution >= 4 is 17.8 Å². The monoisotopic (exact) mass is 396 g/mol. The number of amides is 4. The molecule has 3 heterocycles. The van der Waals surface area contributed by atoms with Crippen LogP contribution in [0.1, 0.15) is 29.5 Å². The van der Waals surface area contributed by atoms with Crippen LogP contribution < -0.4 is 21.3 Å². The van der Waals surface area contributed by atoms with Gasteiger partial charge in [-0.1, -0.05) is 24.3 Å². The minimum atomic E-state index is -1.08. The molecule has 0 aliphatic carbocycles. The molecule has 3 atom stereocenters. The summed E-state index contributed by atoms with van der Waals surface area (Å²) < 4.78 is 1.75. The highest BCUT2D eigenvalue weighted by atomic mass is 16.2. The molecule has 4 amide bonds. The maximum atomic E-state index is 12.7. The first-order chi connectivity index (χ1) is 13.9. The van der Waals surface area contributed by atoms with Gasteiger partial charge in [-0.2, -0.15) is 5.10 Å². The molecule has 29 heavy (non-hydrogen) atoms. The number of hydrogen-bond acceptors (Lipinski definition) is 5. The van der Waals surface area contributed by atoms with Crippen LogP contribution in [-0.2, 0) is 28.7 Å². The first-order valence-electron chi connectivity index (χ1n) is 9.57. The Hall–Kier alpha value is -3.20. The SMILES string of the molecule is Cn1cc([C@H]2CNC[C@@H]2C(=O)NCc2ccc(C3(C)NC(=O)NC3=O)cc2)cn1. The molecule has 1 aromatic heterocycles. The van der Waals surface area contributed by atoms with Gasteiger partial charge in [-0.25, -0.2) is 4.79 Å². The van der Waals surface area contributed by atoms with Gasteiger partial charge >= 0.3 is 6.03 Å². The molecular formula is C20H24N6O3. The average molecular weight is 396 g/mol. The summed E-state index contributed by atoms with van der Waals surface area (Å²) in [6.07, 6.45) is 3.77. The number of imide groups is 1. The minimum absolute atomic E-state index is 0.00215. The third-order valence-electron chi connectivity index (χ3n) is 5.75. The number of benzene rings is 1. The minimum Gasteiger partial charge on any atom is -0.352 e. The van der Waals surface area contributed by atoms with E-state index in [0.29, 0.717) is 18.7 Å². The van der Waals surface area contributed by atoms with Gasteiger partial charge in [0.05, 0.1) is 12.1 Å². The summed E-state index contributed by atoms with van der Waals surface area (Å²) in [6, 6.07) is 6.79. The summed E-state index contributed by atoms with van der Waals surface area (Å²) in [4.78, 5) is 36.2. The first-order valence-corrected chi connectivity index (χ1v) is 9.57. The summed E-state index contributed by atoms with van der Waals surface area (Å²) in [5.74, 6) is -0.411. The molecule has 2 aliphatic heterocycles. The topological polar surface area (TPSA) is 117 Å². The molecule has 0 spiro atoms. The van der Waals surface area contributed by atoms with Gasteiger partial charge in [-0.05, 0) is 23.6 Å². The molecule has 2 saturated heterocycles. The van der Waals surface area contributed by atoms with Crippen molar-refractivity contribution in [1.82, 2.24) is 31.0 Å². The first kappa shape index (κ1) is 19.1. The van der Waals surface area contributed by atoms with Crippen molar-refractivity contribution in [3.63, 3.8) is 0 Å². The lowest BCUT2D eigenvalue weighted by Gasteiger charge is -2.21. The van der Waals surface area contributed by atoms with Crippen LogP contribution in [0.3, 0.4) is 0 Å². The maximum absolute atomic E-state index is 12.7. The number of carbonyl (C=O) groups is 3. The molecule has 9 nitrogen and oxygen atoms in total. The molecule has 152 valence electrons. The molecule has 4 N–H and O–H groups in total. The van der Waals surface area contributed by atoms with Crippen molar-refractivity contribution in [2.24, 2.45) is 13.0 Å². The lowest BCUT2D eigenvalue weighted by Crippen LogP contribution is -2.40. The van der Waals surface area contributed by atoms with Gasteiger partial charge in [-0.15, -0.1) is 0 Å². The fourth-order valence-corrected chi connectivity index (χ4v) is 3.96. The van der Waals surface area contributed by atoms with Crippen molar-refractivity contribution in [2.45, 2.75) is 24.9 Å². The summed E-state index contributed by atoms with van der Waals surface area (Å²) in [6.45, 7) is 3.45. The molecule has 4 rings (SSSR count). The molecular weight excluding hydrogens is 372 g/mol. The Bertz CT molecular complexity index is 953. The molecule has 2 fully saturated rings. The summed E-state index contributed by atoms with van der Waals surface area (Å²) in [5, 5.41) is 15.4. The molecule has 1 aromatic carbocycles. The number of carbonyl (C=O) groups excluding carboxylic acids is 3. The number of rotatable bonds is 5. The number of aromatic nitrogens is 2. The summed E-state index contributed by atoms with van der Waals surface area (Å²) in [7, 11) is 1.87. The highest BCUT2D eigenvalue weighted by Crippen LogP contribution is 2.28. The zero-order valence-electron chi connectivity index (χ0n) is 16.4. The molecule has 0 bridgehead atoms. The van der Waals surface area contributed by atoms with Gasteiger partial charge in [0.25, 0.3) is 5.91 Å². The standard InChI is InChI=1S/C20H24N6O3/c1-20(18(28)24-19(29)25-20)14-5-3-12(4-6-14)7-22-17(27)16-10-21-9-15(16)13-8-23-26(2)11-13/h3-6,8,11,15-16,21H,7,9-10H2,1-2H3,(H,22,27)(H2,24,25,28,29)/t15-,16+,20?/m1/s1. The lowest BCUT2D eigenvalue weighted by molar-refractivity contribution is -0.125. The largest absolute Gasteiger partial charge is 0.352 e. The van der Waals surface area contributed by atoms with E-state index in [9.17, 15) is 14.4 Å². The number of aryl methyl sites for hydroxylation is 1. The van der Waals surface area contributed by atoms with Crippen molar-refractivity contribution in [3.8, 4) is 0 Å². The quantitative estimate of drug-likeness (QED) is 0.535. The number of nitrogens with one attached hydrogen (secondary N) is 4. The average Bonchev–Trinajstić information content (AvgIpc) is 3.40. The smallest absolute Gasteiger partial charge is 0.322 e. The number of urea groups is 1. The van der Waals surface area contributed by atoms with Crippen LogP contribution in [-0.4, -0.2) is 40.7 Å². The highest BCUT2D eigenvalue weighted by Gasteiger charge is 2.43. The fraction of sp³-hybridized carbons (Fsp3) is 0.400. The third-order valence-corrected chi connectivity index (χ3v) is 5.75. The zero-order valence-corrected chi connectivity index (χ0v) is 16.4. The van der Waals surface area contributed by atoms with Crippen LogP contribution in [0, 0.1) is 5.92 Å². The Morgan fingerprint density at radius 3 is 2.66 bits per heavy atom. The molecule has 2 aromatic rings. The van der Waals surface area contributed by atoms with E-state index in [4.69, 9.17) is 0 Å². The van der Waals surface area contributed by atoms with Crippen LogP contribution in [0.2, 0.25) is 0 Å². The Morgan fingerprint density at radius 1 is 1.28 bits per heavy atom. The van der Waals surface area contributed by atoms with Gasteiger partial charge < -0.3 is 16.0 Å². The van der Waals surface area contributed by atoms with E-state index in [0.717, 1.165) is 17.7 Å². The number of hydrogen-bond donors (Lipinski definition) is 4. The Balaban J connectivity index is 1.38. The van der Waals surface area contributed by atoms with Crippen LogP contribution in [0.4, 0.5) is 4.79 Å². The van der Waals surface area contributed by atoms with Crippen LogP contribution in [0.25, 0.3) is 0 Å². The van der Waals surface area contributed by atoms with Gasteiger partial charge in [0.2, 0.25) is 5.91 Å². The van der Waals surface area contributed by atoms with E-state index in [1.54, 1.807) is 23.7 Å². The molecule has 0 radical (unpaired) electrons. The second kappa shape index (κ2) is 7.32. The number of nitrogens with zero attached hydrogens (tertiary/aromatic N) is 2. The van der Waals surface area contributed by atoms with E-state index in [1.165, 1.54) is 0 Å².